The lowest BCUT2D eigenvalue weighted by molar-refractivity contribution is -0.128. The van der Waals surface area contributed by atoms with Crippen LogP contribution in [0.1, 0.15) is 11.1 Å². The smallest absolute Gasteiger partial charge is 0.336 e. The summed E-state index contributed by atoms with van der Waals surface area (Å²) in [5.41, 5.74) is 1.45. The number of ether oxygens (including phenoxy) is 1. The number of hydrogen-bond acceptors (Lipinski definition) is 2. The normalized spacial score (nSPS) is 10.9. The van der Waals surface area contributed by atoms with E-state index in [1.807, 2.05) is 0 Å². The van der Waals surface area contributed by atoms with E-state index in [0.29, 0.717) is 16.3 Å². The second-order valence-electron chi connectivity index (χ2n) is 4.34. The van der Waals surface area contributed by atoms with Crippen molar-refractivity contribution in [2.75, 3.05) is 0 Å². The molecule has 21 heavy (non-hydrogen) atoms. The first-order valence-electron chi connectivity index (χ1n) is 6.07. The first-order valence-corrected chi connectivity index (χ1v) is 7.24. The molecule has 0 unspecified atom stereocenters. The van der Waals surface area contributed by atoms with Gasteiger partial charge in [0.15, 0.2) is 5.75 Å². The fraction of sp³-hybridized carbons (Fsp3) is 0.0625. The van der Waals surface area contributed by atoms with Gasteiger partial charge in [-0.1, -0.05) is 39.7 Å². The van der Waals surface area contributed by atoms with E-state index >= 15 is 0 Å². The number of carbonyl (C=O) groups is 1. The van der Waals surface area contributed by atoms with Crippen LogP contribution in [0.2, 0.25) is 5.02 Å². The fourth-order valence-corrected chi connectivity index (χ4v) is 2.70. The Hall–Kier alpha value is -1.65. The van der Waals surface area contributed by atoms with Crippen molar-refractivity contribution in [3.05, 3.63) is 68.9 Å². The summed E-state index contributed by atoms with van der Waals surface area (Å²) in [5.74, 6) is -0.549. The van der Waals surface area contributed by atoms with Crippen LogP contribution in [0, 0.1) is 12.7 Å². The highest BCUT2D eigenvalue weighted by Crippen LogP contribution is 2.32. The third kappa shape index (κ3) is 4.41. The van der Waals surface area contributed by atoms with E-state index < -0.39 is 5.97 Å². The van der Waals surface area contributed by atoms with E-state index in [4.69, 9.17) is 16.3 Å². The summed E-state index contributed by atoms with van der Waals surface area (Å²) in [6.07, 6.45) is 2.81. The Morgan fingerprint density at radius 1 is 1.29 bits per heavy atom. The van der Waals surface area contributed by atoms with Gasteiger partial charge in [0.25, 0.3) is 0 Å². The van der Waals surface area contributed by atoms with Crippen LogP contribution in [-0.4, -0.2) is 5.97 Å². The van der Waals surface area contributed by atoms with Gasteiger partial charge in [0.1, 0.15) is 5.82 Å². The Labute approximate surface area is 135 Å². The van der Waals surface area contributed by atoms with Crippen LogP contribution in [0.25, 0.3) is 6.08 Å². The summed E-state index contributed by atoms with van der Waals surface area (Å²) < 4.78 is 18.8. The largest absolute Gasteiger partial charge is 0.421 e. The minimum absolute atomic E-state index is 0.327. The number of carbonyl (C=O) groups excluding carboxylic acids is 1. The molecule has 0 aliphatic carbocycles. The number of benzene rings is 2. The molecule has 2 rings (SSSR count). The maximum Gasteiger partial charge on any atom is 0.336 e. The third-order valence-electron chi connectivity index (χ3n) is 2.68. The molecular weight excluding hydrogens is 359 g/mol. The van der Waals surface area contributed by atoms with Crippen molar-refractivity contribution in [3.8, 4) is 5.75 Å². The van der Waals surface area contributed by atoms with E-state index in [0.717, 1.165) is 10.0 Å². The Morgan fingerprint density at radius 3 is 2.57 bits per heavy atom. The molecule has 0 aliphatic heterocycles. The standard InChI is InChI=1S/C16H11BrClFO2/c1-10-8-12(17)9-14(18)16(10)21-15(20)7-4-11-2-5-13(19)6-3-11/h2-9H,1H3/b7-4+. The van der Waals surface area contributed by atoms with E-state index in [2.05, 4.69) is 15.9 Å². The van der Waals surface area contributed by atoms with E-state index in [1.54, 1.807) is 37.3 Å². The average molecular weight is 370 g/mol. The van der Waals surface area contributed by atoms with Crippen molar-refractivity contribution >= 4 is 39.6 Å². The summed E-state index contributed by atoms with van der Waals surface area (Å²) in [4.78, 5) is 11.8. The lowest BCUT2D eigenvalue weighted by Crippen LogP contribution is -2.05. The first kappa shape index (κ1) is 15.7. The van der Waals surface area contributed by atoms with Gasteiger partial charge in [0, 0.05) is 10.5 Å². The van der Waals surface area contributed by atoms with E-state index in [-0.39, 0.29) is 5.82 Å². The summed E-state index contributed by atoms with van der Waals surface area (Å²) in [5, 5.41) is 0.352. The molecule has 2 aromatic rings. The van der Waals surface area contributed by atoms with Crippen LogP contribution in [0.15, 0.2) is 46.9 Å². The van der Waals surface area contributed by atoms with Crippen LogP contribution in [0.4, 0.5) is 4.39 Å². The minimum atomic E-state index is -0.549. The van der Waals surface area contributed by atoms with Crippen LogP contribution < -0.4 is 4.74 Å². The van der Waals surface area contributed by atoms with Gasteiger partial charge in [-0.15, -0.1) is 0 Å². The predicted octanol–water partition coefficient (Wildman–Crippen LogP) is 5.17. The van der Waals surface area contributed by atoms with Gasteiger partial charge < -0.3 is 4.74 Å². The molecule has 0 amide bonds. The lowest BCUT2D eigenvalue weighted by Gasteiger charge is -2.08. The van der Waals surface area contributed by atoms with Crippen molar-refractivity contribution in [2.24, 2.45) is 0 Å². The molecule has 0 aliphatic rings. The second-order valence-corrected chi connectivity index (χ2v) is 5.66. The van der Waals surface area contributed by atoms with Crippen molar-refractivity contribution in [1.82, 2.24) is 0 Å². The van der Waals surface area contributed by atoms with Crippen molar-refractivity contribution in [3.63, 3.8) is 0 Å². The van der Waals surface area contributed by atoms with Gasteiger partial charge in [-0.25, -0.2) is 9.18 Å². The molecule has 108 valence electrons. The van der Waals surface area contributed by atoms with Gasteiger partial charge in [0.2, 0.25) is 0 Å². The molecule has 0 saturated heterocycles. The highest BCUT2D eigenvalue weighted by atomic mass is 79.9. The van der Waals surface area contributed by atoms with Gasteiger partial charge in [0.05, 0.1) is 5.02 Å². The van der Waals surface area contributed by atoms with Gasteiger partial charge >= 0.3 is 5.97 Å². The molecular formula is C16H11BrClFO2. The molecule has 0 heterocycles. The van der Waals surface area contributed by atoms with E-state index in [1.165, 1.54) is 18.2 Å². The van der Waals surface area contributed by atoms with Gasteiger partial charge in [-0.3, -0.25) is 0 Å². The molecule has 0 bridgehead atoms. The molecule has 0 radical (unpaired) electrons. The Balaban J connectivity index is 2.10. The first-order chi connectivity index (χ1) is 9.95. The summed E-state index contributed by atoms with van der Waals surface area (Å²) in [6, 6.07) is 9.23. The number of rotatable bonds is 3. The maximum absolute atomic E-state index is 12.8. The Kier molecular flexibility index (Phi) is 5.15. The predicted molar refractivity (Wildman–Crippen MR) is 85.0 cm³/mol. The van der Waals surface area contributed by atoms with Crippen molar-refractivity contribution < 1.29 is 13.9 Å². The van der Waals surface area contributed by atoms with Crippen molar-refractivity contribution in [1.29, 1.82) is 0 Å². The van der Waals surface area contributed by atoms with Crippen LogP contribution in [0.5, 0.6) is 5.75 Å². The number of aryl methyl sites for hydroxylation is 1. The van der Waals surface area contributed by atoms with Gasteiger partial charge in [-0.05, 0) is 48.4 Å². The van der Waals surface area contributed by atoms with Crippen LogP contribution in [-0.2, 0) is 4.79 Å². The zero-order valence-electron chi connectivity index (χ0n) is 11.1. The Morgan fingerprint density at radius 2 is 1.95 bits per heavy atom. The molecule has 0 N–H and O–H groups in total. The zero-order chi connectivity index (χ0) is 15.4. The fourth-order valence-electron chi connectivity index (χ4n) is 1.69. The molecule has 5 heteroatoms. The number of halogens is 3. The summed E-state index contributed by atoms with van der Waals surface area (Å²) in [7, 11) is 0. The summed E-state index contributed by atoms with van der Waals surface area (Å²) in [6.45, 7) is 1.79. The maximum atomic E-state index is 12.8. The highest BCUT2D eigenvalue weighted by Gasteiger charge is 2.10. The zero-order valence-corrected chi connectivity index (χ0v) is 13.4. The Bertz CT molecular complexity index is 673. The van der Waals surface area contributed by atoms with E-state index in [9.17, 15) is 9.18 Å². The van der Waals surface area contributed by atoms with Crippen LogP contribution >= 0.6 is 27.5 Å². The highest BCUT2D eigenvalue weighted by molar-refractivity contribution is 9.10. The minimum Gasteiger partial charge on any atom is -0.421 e. The van der Waals surface area contributed by atoms with Crippen LogP contribution in [0.3, 0.4) is 0 Å². The lowest BCUT2D eigenvalue weighted by atomic mass is 10.2. The second kappa shape index (κ2) is 6.87. The molecule has 0 aromatic heterocycles. The molecule has 0 fully saturated rings. The third-order valence-corrected chi connectivity index (χ3v) is 3.42. The molecule has 0 saturated carbocycles. The monoisotopic (exact) mass is 368 g/mol. The summed E-state index contributed by atoms with van der Waals surface area (Å²) >= 11 is 9.35. The average Bonchev–Trinajstić information content (AvgIpc) is 2.42. The molecule has 2 aromatic carbocycles. The molecule has 2 nitrogen and oxygen atoms in total. The van der Waals surface area contributed by atoms with Gasteiger partial charge in [-0.2, -0.15) is 0 Å². The molecule has 0 spiro atoms. The van der Waals surface area contributed by atoms with Crippen molar-refractivity contribution in [2.45, 2.75) is 6.92 Å². The number of esters is 1. The quantitative estimate of drug-likeness (QED) is 0.424. The number of hydrogen-bond donors (Lipinski definition) is 0. The molecule has 0 atom stereocenters. The SMILES string of the molecule is Cc1cc(Br)cc(Cl)c1OC(=O)/C=C/c1ccc(F)cc1. The topological polar surface area (TPSA) is 26.3 Å².